The number of thiophene rings is 1. The van der Waals surface area contributed by atoms with E-state index in [1.165, 1.54) is 11.1 Å². The third-order valence-electron chi connectivity index (χ3n) is 3.98. The van der Waals surface area contributed by atoms with Gasteiger partial charge in [-0.1, -0.05) is 0 Å². The van der Waals surface area contributed by atoms with Gasteiger partial charge in [-0.05, 0) is 36.1 Å². The fourth-order valence-electron chi connectivity index (χ4n) is 2.75. The average Bonchev–Trinajstić information content (AvgIpc) is 3.02. The maximum absolute atomic E-state index is 13.0. The van der Waals surface area contributed by atoms with Crippen LogP contribution in [0.15, 0.2) is 29.8 Å². The predicted octanol–water partition coefficient (Wildman–Crippen LogP) is 3.38. The summed E-state index contributed by atoms with van der Waals surface area (Å²) in [5.41, 5.74) is -1.46. The molecule has 0 bridgehead atoms. The first-order valence-electron chi connectivity index (χ1n) is 7.32. The van der Waals surface area contributed by atoms with Crippen LogP contribution in [0.2, 0.25) is 0 Å². The lowest BCUT2D eigenvalue weighted by Crippen LogP contribution is -2.43. The summed E-state index contributed by atoms with van der Waals surface area (Å²) in [5.74, 6) is -0.866. The molecule has 8 heteroatoms. The van der Waals surface area contributed by atoms with Crippen molar-refractivity contribution < 1.29 is 22.7 Å². The van der Waals surface area contributed by atoms with Gasteiger partial charge in [-0.3, -0.25) is 9.78 Å². The number of hydrogen-bond donors (Lipinski definition) is 1. The molecule has 0 aromatic carbocycles. The summed E-state index contributed by atoms with van der Waals surface area (Å²) < 4.78 is 44.8. The van der Waals surface area contributed by atoms with E-state index in [2.05, 4.69) is 10.3 Å². The van der Waals surface area contributed by atoms with E-state index in [1.54, 1.807) is 11.3 Å². The minimum Gasteiger partial charge on any atom is -0.368 e. The summed E-state index contributed by atoms with van der Waals surface area (Å²) >= 11 is 1.61. The van der Waals surface area contributed by atoms with Gasteiger partial charge < -0.3 is 10.1 Å². The molecule has 1 unspecified atom stereocenters. The van der Waals surface area contributed by atoms with Crippen LogP contribution in [0.5, 0.6) is 0 Å². The van der Waals surface area contributed by atoms with Crippen LogP contribution in [0, 0.1) is 0 Å². The molecule has 1 N–H and O–H groups in total. The molecule has 0 spiro atoms. The molecule has 0 saturated carbocycles. The Morgan fingerprint density at radius 2 is 2.25 bits per heavy atom. The number of fused-ring (bicyclic) bond motifs is 1. The molecule has 1 amide bonds. The number of halogens is 3. The lowest BCUT2D eigenvalue weighted by Gasteiger charge is -2.34. The SMILES string of the molecule is CC1(CNC(=O)c2ncccc2C(F)(F)F)OCCc2sccc21. The zero-order valence-corrected chi connectivity index (χ0v) is 13.6. The van der Waals surface area contributed by atoms with Crippen LogP contribution < -0.4 is 5.32 Å². The highest BCUT2D eigenvalue weighted by atomic mass is 32.1. The van der Waals surface area contributed by atoms with E-state index < -0.39 is 28.9 Å². The van der Waals surface area contributed by atoms with Crippen LogP contribution in [-0.4, -0.2) is 24.0 Å². The normalized spacial score (nSPS) is 20.5. The molecule has 1 atom stereocenters. The molecule has 0 saturated heterocycles. The molecular weight excluding hydrogens is 341 g/mol. The highest BCUT2D eigenvalue weighted by molar-refractivity contribution is 7.10. The molecule has 0 aliphatic carbocycles. The fourth-order valence-corrected chi connectivity index (χ4v) is 3.73. The van der Waals surface area contributed by atoms with Gasteiger partial charge in [-0.25, -0.2) is 0 Å². The Labute approximate surface area is 140 Å². The number of hydrogen-bond acceptors (Lipinski definition) is 4. The van der Waals surface area contributed by atoms with E-state index in [1.807, 2.05) is 18.4 Å². The molecule has 24 heavy (non-hydrogen) atoms. The summed E-state index contributed by atoms with van der Waals surface area (Å²) in [6.07, 6.45) is -2.67. The van der Waals surface area contributed by atoms with Crippen molar-refractivity contribution in [2.45, 2.75) is 25.1 Å². The topological polar surface area (TPSA) is 51.2 Å². The number of ether oxygens (including phenoxy) is 1. The van der Waals surface area contributed by atoms with Gasteiger partial charge in [0, 0.05) is 17.5 Å². The highest BCUT2D eigenvalue weighted by Gasteiger charge is 2.38. The Morgan fingerprint density at radius 3 is 3.00 bits per heavy atom. The van der Waals surface area contributed by atoms with Crippen molar-refractivity contribution in [2.75, 3.05) is 13.2 Å². The third-order valence-corrected chi connectivity index (χ3v) is 4.96. The molecule has 1 aliphatic rings. The summed E-state index contributed by atoms with van der Waals surface area (Å²) in [7, 11) is 0. The second kappa shape index (κ2) is 6.18. The second-order valence-electron chi connectivity index (χ2n) is 5.67. The van der Waals surface area contributed by atoms with Crippen molar-refractivity contribution in [2.24, 2.45) is 0 Å². The van der Waals surface area contributed by atoms with Crippen molar-refractivity contribution in [3.05, 3.63) is 51.5 Å². The molecule has 0 radical (unpaired) electrons. The lowest BCUT2D eigenvalue weighted by molar-refractivity contribution is -0.138. The Hall–Kier alpha value is -1.93. The van der Waals surface area contributed by atoms with Crippen molar-refractivity contribution in [1.82, 2.24) is 10.3 Å². The van der Waals surface area contributed by atoms with Gasteiger partial charge in [0.05, 0.1) is 18.7 Å². The van der Waals surface area contributed by atoms with Gasteiger partial charge in [0.15, 0.2) is 0 Å². The molecule has 3 rings (SSSR count). The predicted molar refractivity (Wildman–Crippen MR) is 82.9 cm³/mol. The van der Waals surface area contributed by atoms with E-state index in [9.17, 15) is 18.0 Å². The standard InChI is InChI=1S/C16H15F3N2O2S/c1-15(10-5-8-24-12(10)4-7-23-15)9-21-14(22)13-11(16(17,18)19)3-2-6-20-13/h2-3,5-6,8H,4,7,9H2,1H3,(H,21,22). The molecule has 128 valence electrons. The minimum atomic E-state index is -4.63. The first-order chi connectivity index (χ1) is 11.3. The first-order valence-corrected chi connectivity index (χ1v) is 8.20. The smallest absolute Gasteiger partial charge is 0.368 e. The Kier molecular flexibility index (Phi) is 4.35. The molecule has 2 aromatic heterocycles. The molecule has 0 fully saturated rings. The van der Waals surface area contributed by atoms with Gasteiger partial charge in [0.2, 0.25) is 0 Å². The van der Waals surface area contributed by atoms with E-state index in [4.69, 9.17) is 4.74 Å². The zero-order chi connectivity index (χ0) is 17.4. The number of pyridine rings is 1. The summed E-state index contributed by atoms with van der Waals surface area (Å²) in [5, 5.41) is 4.47. The quantitative estimate of drug-likeness (QED) is 0.917. The average molecular weight is 356 g/mol. The number of amides is 1. The number of rotatable bonds is 3. The van der Waals surface area contributed by atoms with Gasteiger partial charge >= 0.3 is 6.18 Å². The molecule has 4 nitrogen and oxygen atoms in total. The highest BCUT2D eigenvalue weighted by Crippen LogP contribution is 2.36. The van der Waals surface area contributed by atoms with E-state index >= 15 is 0 Å². The van der Waals surface area contributed by atoms with Crippen molar-refractivity contribution >= 4 is 17.2 Å². The Balaban J connectivity index is 1.78. The van der Waals surface area contributed by atoms with Gasteiger partial charge in [0.25, 0.3) is 5.91 Å². The number of aromatic nitrogens is 1. The minimum absolute atomic E-state index is 0.0729. The monoisotopic (exact) mass is 356 g/mol. The summed E-state index contributed by atoms with van der Waals surface area (Å²) in [6.45, 7) is 2.40. The Morgan fingerprint density at radius 1 is 1.46 bits per heavy atom. The maximum Gasteiger partial charge on any atom is 0.418 e. The molecular formula is C16H15F3N2O2S. The molecule has 2 aromatic rings. The largest absolute Gasteiger partial charge is 0.418 e. The number of nitrogens with zero attached hydrogens (tertiary/aromatic N) is 1. The van der Waals surface area contributed by atoms with Crippen LogP contribution >= 0.6 is 11.3 Å². The van der Waals surface area contributed by atoms with Crippen LogP contribution in [-0.2, 0) is 22.9 Å². The van der Waals surface area contributed by atoms with Crippen molar-refractivity contribution in [1.29, 1.82) is 0 Å². The van der Waals surface area contributed by atoms with E-state index in [0.717, 1.165) is 24.1 Å². The zero-order valence-electron chi connectivity index (χ0n) is 12.8. The second-order valence-corrected chi connectivity index (χ2v) is 6.67. The van der Waals surface area contributed by atoms with E-state index in [-0.39, 0.29) is 6.54 Å². The number of carbonyl (C=O) groups excluding carboxylic acids is 1. The number of nitrogens with one attached hydrogen (secondary N) is 1. The number of carbonyl (C=O) groups is 1. The van der Waals surface area contributed by atoms with E-state index in [0.29, 0.717) is 6.61 Å². The molecule has 1 aliphatic heterocycles. The maximum atomic E-state index is 13.0. The van der Waals surface area contributed by atoms with Gasteiger partial charge in [-0.2, -0.15) is 13.2 Å². The van der Waals surface area contributed by atoms with Crippen LogP contribution in [0.1, 0.15) is 33.4 Å². The summed E-state index contributed by atoms with van der Waals surface area (Å²) in [4.78, 5) is 17.0. The van der Waals surface area contributed by atoms with Crippen LogP contribution in [0.3, 0.4) is 0 Å². The van der Waals surface area contributed by atoms with Gasteiger partial charge in [0.1, 0.15) is 11.3 Å². The Bertz CT molecular complexity index is 760. The van der Waals surface area contributed by atoms with Crippen LogP contribution in [0.4, 0.5) is 13.2 Å². The van der Waals surface area contributed by atoms with Gasteiger partial charge in [-0.15, -0.1) is 11.3 Å². The number of alkyl halides is 3. The van der Waals surface area contributed by atoms with Crippen molar-refractivity contribution in [3.63, 3.8) is 0 Å². The fraction of sp³-hybridized carbons (Fsp3) is 0.375. The van der Waals surface area contributed by atoms with Crippen molar-refractivity contribution in [3.8, 4) is 0 Å². The summed E-state index contributed by atoms with van der Waals surface area (Å²) in [6, 6.07) is 3.92. The third kappa shape index (κ3) is 3.16. The lowest BCUT2D eigenvalue weighted by atomic mass is 9.93. The molecule has 3 heterocycles. The van der Waals surface area contributed by atoms with Crippen LogP contribution in [0.25, 0.3) is 0 Å². The first kappa shape index (κ1) is 16.9.